The number of ether oxygens (including phenoxy) is 2. The van der Waals surface area contributed by atoms with Gasteiger partial charge in [0.1, 0.15) is 5.75 Å². The van der Waals surface area contributed by atoms with Crippen molar-refractivity contribution in [3.8, 4) is 5.75 Å². The summed E-state index contributed by atoms with van der Waals surface area (Å²) in [6.07, 6.45) is 3.71. The van der Waals surface area contributed by atoms with Gasteiger partial charge in [0.25, 0.3) is 5.91 Å². The summed E-state index contributed by atoms with van der Waals surface area (Å²) in [6, 6.07) is 15.7. The van der Waals surface area contributed by atoms with Crippen molar-refractivity contribution in [2.45, 2.75) is 38.1 Å². The summed E-state index contributed by atoms with van der Waals surface area (Å²) in [4.78, 5) is 24.2. The molecule has 2 aromatic rings. The van der Waals surface area contributed by atoms with Crippen LogP contribution in [0, 0.1) is 0 Å². The molecule has 142 valence electrons. The highest BCUT2D eigenvalue weighted by molar-refractivity contribution is 5.81. The second-order valence-electron chi connectivity index (χ2n) is 6.68. The zero-order chi connectivity index (χ0) is 19.1. The van der Waals surface area contributed by atoms with Gasteiger partial charge in [0.2, 0.25) is 0 Å². The standard InChI is InChI=1S/C22H25NO4/c1-26-20-12-5-3-8-17(20)13-14-22(25)27-15-21(24)23-19-11-6-9-16-7-2-4-10-18(16)19/h2-5,7-8,10,12,19H,6,9,11,13-15H2,1H3,(H,23,24). The van der Waals surface area contributed by atoms with Crippen LogP contribution in [-0.4, -0.2) is 25.6 Å². The van der Waals surface area contributed by atoms with Crippen molar-refractivity contribution in [1.82, 2.24) is 5.32 Å². The summed E-state index contributed by atoms with van der Waals surface area (Å²) in [5.74, 6) is 0.0986. The van der Waals surface area contributed by atoms with Crippen molar-refractivity contribution < 1.29 is 19.1 Å². The smallest absolute Gasteiger partial charge is 0.306 e. The Bertz CT molecular complexity index is 802. The molecule has 5 heteroatoms. The summed E-state index contributed by atoms with van der Waals surface area (Å²) in [7, 11) is 1.60. The van der Waals surface area contributed by atoms with Gasteiger partial charge in [0, 0.05) is 6.42 Å². The minimum absolute atomic E-state index is 0.00488. The van der Waals surface area contributed by atoms with E-state index in [2.05, 4.69) is 17.4 Å². The fourth-order valence-electron chi connectivity index (χ4n) is 3.50. The Hall–Kier alpha value is -2.82. The molecular formula is C22H25NO4. The molecule has 1 N–H and O–H groups in total. The molecular weight excluding hydrogens is 342 g/mol. The number of benzene rings is 2. The van der Waals surface area contributed by atoms with Gasteiger partial charge in [0.15, 0.2) is 6.61 Å². The van der Waals surface area contributed by atoms with Crippen LogP contribution in [0.15, 0.2) is 48.5 Å². The number of hydrogen-bond acceptors (Lipinski definition) is 4. The SMILES string of the molecule is COc1ccccc1CCC(=O)OCC(=O)NC1CCCc2ccccc21. The van der Waals surface area contributed by atoms with Gasteiger partial charge in [0.05, 0.1) is 13.2 Å². The number of carbonyl (C=O) groups is 2. The Kier molecular flexibility index (Phi) is 6.47. The molecule has 0 spiro atoms. The number of hydrogen-bond donors (Lipinski definition) is 1. The molecule has 1 aliphatic carbocycles. The highest BCUT2D eigenvalue weighted by Crippen LogP contribution is 2.29. The maximum atomic E-state index is 12.2. The quantitative estimate of drug-likeness (QED) is 0.762. The van der Waals surface area contributed by atoms with E-state index >= 15 is 0 Å². The number of esters is 1. The maximum absolute atomic E-state index is 12.2. The molecule has 0 radical (unpaired) electrons. The first-order valence-electron chi connectivity index (χ1n) is 9.32. The monoisotopic (exact) mass is 367 g/mol. The average Bonchev–Trinajstić information content (AvgIpc) is 2.71. The van der Waals surface area contributed by atoms with Crippen LogP contribution in [0.25, 0.3) is 0 Å². The van der Waals surface area contributed by atoms with E-state index in [1.807, 2.05) is 36.4 Å². The predicted molar refractivity (Wildman–Crippen MR) is 103 cm³/mol. The first-order valence-corrected chi connectivity index (χ1v) is 9.32. The van der Waals surface area contributed by atoms with E-state index < -0.39 is 0 Å². The second kappa shape index (κ2) is 9.21. The van der Waals surface area contributed by atoms with Gasteiger partial charge < -0.3 is 14.8 Å². The van der Waals surface area contributed by atoms with Crippen LogP contribution in [0.4, 0.5) is 0 Å². The lowest BCUT2D eigenvalue weighted by atomic mass is 9.88. The number of aryl methyl sites for hydroxylation is 2. The molecule has 0 fully saturated rings. The molecule has 5 nitrogen and oxygen atoms in total. The Morgan fingerprint density at radius 3 is 2.74 bits per heavy atom. The number of nitrogens with one attached hydrogen (secondary N) is 1. The van der Waals surface area contributed by atoms with Gasteiger partial charge in [-0.1, -0.05) is 42.5 Å². The van der Waals surface area contributed by atoms with E-state index in [1.54, 1.807) is 7.11 Å². The van der Waals surface area contributed by atoms with Crippen LogP contribution in [0.2, 0.25) is 0 Å². The predicted octanol–water partition coefficient (Wildman–Crippen LogP) is 3.36. The third-order valence-electron chi connectivity index (χ3n) is 4.86. The molecule has 0 aliphatic heterocycles. The molecule has 1 atom stereocenters. The van der Waals surface area contributed by atoms with Gasteiger partial charge >= 0.3 is 5.97 Å². The fourth-order valence-corrected chi connectivity index (χ4v) is 3.50. The van der Waals surface area contributed by atoms with Crippen molar-refractivity contribution in [1.29, 1.82) is 0 Å². The molecule has 0 saturated heterocycles. The van der Waals surface area contributed by atoms with Crippen molar-refractivity contribution >= 4 is 11.9 Å². The largest absolute Gasteiger partial charge is 0.496 e. The van der Waals surface area contributed by atoms with Gasteiger partial charge in [-0.3, -0.25) is 9.59 Å². The zero-order valence-electron chi connectivity index (χ0n) is 15.6. The summed E-state index contributed by atoms with van der Waals surface area (Å²) in [6.45, 7) is -0.247. The number of para-hydroxylation sites is 1. The van der Waals surface area contributed by atoms with Crippen LogP contribution in [0.1, 0.15) is 42.0 Å². The van der Waals surface area contributed by atoms with E-state index in [0.717, 1.165) is 30.6 Å². The first kappa shape index (κ1) is 19.0. The summed E-state index contributed by atoms with van der Waals surface area (Å²) in [5.41, 5.74) is 3.39. The van der Waals surface area contributed by atoms with Crippen LogP contribution >= 0.6 is 0 Å². The normalized spacial score (nSPS) is 15.5. The lowest BCUT2D eigenvalue weighted by Crippen LogP contribution is -2.34. The number of methoxy groups -OCH3 is 1. The maximum Gasteiger partial charge on any atom is 0.306 e. The minimum atomic E-state index is -0.389. The van der Waals surface area contributed by atoms with Gasteiger partial charge in [-0.15, -0.1) is 0 Å². The van der Waals surface area contributed by atoms with E-state index in [9.17, 15) is 9.59 Å². The molecule has 3 rings (SSSR count). The van der Waals surface area contributed by atoms with Gasteiger partial charge in [-0.05, 0) is 48.4 Å². The highest BCUT2D eigenvalue weighted by atomic mass is 16.5. The Balaban J connectivity index is 1.45. The van der Waals surface area contributed by atoms with Crippen molar-refractivity contribution in [2.75, 3.05) is 13.7 Å². The fraction of sp³-hybridized carbons (Fsp3) is 0.364. The molecule has 27 heavy (non-hydrogen) atoms. The lowest BCUT2D eigenvalue weighted by Gasteiger charge is -2.26. The Labute approximate surface area is 159 Å². The van der Waals surface area contributed by atoms with Crippen molar-refractivity contribution in [2.24, 2.45) is 0 Å². The summed E-state index contributed by atoms with van der Waals surface area (Å²) >= 11 is 0. The van der Waals surface area contributed by atoms with Crippen molar-refractivity contribution in [3.63, 3.8) is 0 Å². The van der Waals surface area contributed by atoms with E-state index in [-0.39, 0.29) is 30.9 Å². The van der Waals surface area contributed by atoms with Gasteiger partial charge in [-0.25, -0.2) is 0 Å². The molecule has 0 aromatic heterocycles. The third kappa shape index (κ3) is 5.09. The minimum Gasteiger partial charge on any atom is -0.496 e. The number of rotatable bonds is 7. The van der Waals surface area contributed by atoms with Gasteiger partial charge in [-0.2, -0.15) is 0 Å². The summed E-state index contributed by atoms with van der Waals surface area (Å²) < 4.78 is 10.4. The van der Waals surface area contributed by atoms with Crippen molar-refractivity contribution in [3.05, 3.63) is 65.2 Å². The second-order valence-corrected chi connectivity index (χ2v) is 6.68. The van der Waals surface area contributed by atoms with Crippen LogP contribution in [0.3, 0.4) is 0 Å². The van der Waals surface area contributed by atoms with Crippen LogP contribution in [0.5, 0.6) is 5.75 Å². The first-order chi connectivity index (χ1) is 13.2. The molecule has 2 aromatic carbocycles. The highest BCUT2D eigenvalue weighted by Gasteiger charge is 2.21. The molecule has 0 saturated carbocycles. The summed E-state index contributed by atoms with van der Waals surface area (Å²) in [5, 5.41) is 2.99. The topological polar surface area (TPSA) is 64.6 Å². The van der Waals surface area contributed by atoms with Crippen LogP contribution < -0.4 is 10.1 Å². The molecule has 1 unspecified atom stereocenters. The zero-order valence-corrected chi connectivity index (χ0v) is 15.6. The number of fused-ring (bicyclic) bond motifs is 1. The number of amides is 1. The molecule has 1 aliphatic rings. The van der Waals surface area contributed by atoms with E-state index in [4.69, 9.17) is 9.47 Å². The van der Waals surface area contributed by atoms with E-state index in [0.29, 0.717) is 6.42 Å². The van der Waals surface area contributed by atoms with Crippen LogP contribution in [-0.2, 0) is 27.2 Å². The Morgan fingerprint density at radius 2 is 1.89 bits per heavy atom. The average molecular weight is 367 g/mol. The number of carbonyl (C=O) groups excluding carboxylic acids is 2. The third-order valence-corrected chi connectivity index (χ3v) is 4.86. The lowest BCUT2D eigenvalue weighted by molar-refractivity contribution is -0.148. The van der Waals surface area contributed by atoms with E-state index in [1.165, 1.54) is 11.1 Å². The molecule has 1 amide bonds. The Morgan fingerprint density at radius 1 is 1.11 bits per heavy atom. The molecule has 0 heterocycles. The molecule has 0 bridgehead atoms.